The van der Waals surface area contributed by atoms with Crippen molar-refractivity contribution >= 4 is 39.0 Å². The molecule has 0 unspecified atom stereocenters. The van der Waals surface area contributed by atoms with Crippen LogP contribution >= 0.6 is 11.3 Å². The molecule has 2 heterocycles. The molecule has 0 saturated carbocycles. The van der Waals surface area contributed by atoms with E-state index in [1.165, 1.54) is 26.5 Å². The molecule has 0 spiro atoms. The maximum Gasteiger partial charge on any atom is 0.334 e. The van der Waals surface area contributed by atoms with Crippen LogP contribution in [0.1, 0.15) is 23.6 Å². The molecule has 0 aliphatic heterocycles. The van der Waals surface area contributed by atoms with E-state index in [1.54, 1.807) is 19.3 Å². The zero-order valence-corrected chi connectivity index (χ0v) is 18.5. The topological polar surface area (TPSA) is 105 Å². The number of primary amides is 1. The van der Waals surface area contributed by atoms with Gasteiger partial charge in [0, 0.05) is 36.1 Å². The van der Waals surface area contributed by atoms with Gasteiger partial charge in [-0.1, -0.05) is 13.8 Å². The molecule has 156 valence electrons. The molecule has 2 aromatic rings. The number of aromatic nitrogens is 2. The number of carbonyl (C=O) groups excluding carboxylic acids is 1. The first kappa shape index (κ1) is 22.2. The number of amides is 2. The molecule has 0 aliphatic carbocycles. The molecule has 2 rings (SSSR count). The zero-order valence-electron chi connectivity index (χ0n) is 16.9. The summed E-state index contributed by atoms with van der Waals surface area (Å²) < 4.78 is 30.5. The maximum absolute atomic E-state index is 13.6. The smallest absolute Gasteiger partial charge is 0.334 e. The number of hydrogen-bond donors (Lipinski definition) is 1. The van der Waals surface area contributed by atoms with Gasteiger partial charge in [-0.15, -0.1) is 11.3 Å². The highest BCUT2D eigenvalue weighted by Gasteiger charge is 2.36. The van der Waals surface area contributed by atoms with Gasteiger partial charge in [0.1, 0.15) is 0 Å². The lowest BCUT2D eigenvalue weighted by molar-refractivity contribution is 0.257. The molecule has 0 fully saturated rings. The highest BCUT2D eigenvalue weighted by molar-refractivity contribution is 7.94. The Labute approximate surface area is 170 Å². The van der Waals surface area contributed by atoms with Crippen LogP contribution in [0.4, 0.5) is 16.2 Å². The van der Waals surface area contributed by atoms with Crippen LogP contribution in [0.2, 0.25) is 0 Å². The van der Waals surface area contributed by atoms with E-state index in [4.69, 9.17) is 5.73 Å². The fourth-order valence-corrected chi connectivity index (χ4v) is 5.33. The summed E-state index contributed by atoms with van der Waals surface area (Å²) in [6, 6.07) is 0.702. The number of anilines is 2. The Morgan fingerprint density at radius 3 is 2.39 bits per heavy atom. The third-order valence-electron chi connectivity index (χ3n) is 4.16. The van der Waals surface area contributed by atoms with Crippen LogP contribution in [-0.2, 0) is 30.1 Å². The Balaban J connectivity index is 2.58. The van der Waals surface area contributed by atoms with Crippen LogP contribution in [0.15, 0.2) is 18.5 Å². The van der Waals surface area contributed by atoms with Crippen molar-refractivity contribution < 1.29 is 13.2 Å². The molecule has 0 aromatic carbocycles. The normalized spacial score (nSPS) is 11.8. The van der Waals surface area contributed by atoms with Gasteiger partial charge < -0.3 is 10.6 Å². The van der Waals surface area contributed by atoms with Gasteiger partial charge in [-0.3, -0.25) is 4.68 Å². The van der Waals surface area contributed by atoms with Crippen LogP contribution in [-0.4, -0.2) is 56.3 Å². The molecule has 0 aliphatic rings. The quantitative estimate of drug-likeness (QED) is 0.656. The predicted octanol–water partition coefficient (Wildman–Crippen LogP) is 1.80. The van der Waals surface area contributed by atoms with Gasteiger partial charge >= 0.3 is 16.2 Å². The Bertz CT molecular complexity index is 919. The molecule has 9 nitrogen and oxygen atoms in total. The van der Waals surface area contributed by atoms with Gasteiger partial charge in [0.15, 0.2) is 0 Å². The van der Waals surface area contributed by atoms with Crippen molar-refractivity contribution in [2.75, 3.05) is 35.8 Å². The third kappa shape index (κ3) is 4.65. The molecule has 2 aromatic heterocycles. The molecule has 0 radical (unpaired) electrons. The average Bonchev–Trinajstić information content (AvgIpc) is 3.20. The number of urea groups is 1. The minimum Gasteiger partial charge on any atom is -0.350 e. The molecule has 0 bridgehead atoms. The summed E-state index contributed by atoms with van der Waals surface area (Å²) in [6.45, 7) is 4.52. The highest BCUT2D eigenvalue weighted by Crippen LogP contribution is 2.34. The van der Waals surface area contributed by atoms with Crippen molar-refractivity contribution in [3.05, 3.63) is 28.2 Å². The lowest BCUT2D eigenvalue weighted by Gasteiger charge is -2.30. The van der Waals surface area contributed by atoms with Crippen molar-refractivity contribution in [2.24, 2.45) is 12.8 Å². The van der Waals surface area contributed by atoms with Crippen molar-refractivity contribution in [3.63, 3.8) is 0 Å². The fourth-order valence-electron chi connectivity index (χ4n) is 2.73. The van der Waals surface area contributed by atoms with Gasteiger partial charge in [-0.2, -0.15) is 17.8 Å². The molecule has 2 amide bonds. The predicted molar refractivity (Wildman–Crippen MR) is 113 cm³/mol. The first-order chi connectivity index (χ1) is 13.1. The van der Waals surface area contributed by atoms with Crippen molar-refractivity contribution in [3.8, 4) is 0 Å². The molecule has 28 heavy (non-hydrogen) atoms. The number of thiophene rings is 1. The van der Waals surface area contributed by atoms with Crippen molar-refractivity contribution in [1.29, 1.82) is 0 Å². The minimum atomic E-state index is -4.26. The summed E-state index contributed by atoms with van der Waals surface area (Å²) >= 11 is 1.49. The summed E-state index contributed by atoms with van der Waals surface area (Å²) in [6.07, 6.45) is 4.40. The molecule has 2 N–H and O–H groups in total. The molecular formula is C17H28N6O3S2. The number of hydrogen-bond acceptors (Lipinski definition) is 6. The monoisotopic (exact) mass is 428 g/mol. The van der Waals surface area contributed by atoms with E-state index < -0.39 is 16.2 Å². The van der Waals surface area contributed by atoms with Gasteiger partial charge in [0.05, 0.1) is 17.6 Å². The van der Waals surface area contributed by atoms with Crippen LogP contribution in [0.3, 0.4) is 0 Å². The van der Waals surface area contributed by atoms with Crippen molar-refractivity contribution in [1.82, 2.24) is 14.7 Å². The molecule has 0 saturated heterocycles. The Kier molecular flexibility index (Phi) is 7.07. The number of aryl methyl sites for hydroxylation is 3. The van der Waals surface area contributed by atoms with Gasteiger partial charge in [0.2, 0.25) is 0 Å². The second-order valence-corrected chi connectivity index (χ2v) is 9.51. The summed E-state index contributed by atoms with van der Waals surface area (Å²) in [4.78, 5) is 16.0. The van der Waals surface area contributed by atoms with E-state index in [2.05, 4.69) is 5.10 Å². The SMILES string of the molecule is CCc1cc(N(C(N)=O)S(=O)(=O)N(CCN(C)C)c2cnn(C)c2)c(CC)s1. The zero-order chi connectivity index (χ0) is 21.1. The average molecular weight is 429 g/mol. The largest absolute Gasteiger partial charge is 0.350 e. The van der Waals surface area contributed by atoms with E-state index in [-0.39, 0.29) is 6.54 Å². The standard InChI is InChI=1S/C17H28N6O3S2/c1-6-14-10-15(16(7-2)27-14)23(17(18)24)28(25,26)22(9-8-20(3)4)13-11-19-21(5)12-13/h10-12H,6-9H2,1-5H3,(H2,18,24). The van der Waals surface area contributed by atoms with E-state index >= 15 is 0 Å². The second-order valence-electron chi connectivity index (χ2n) is 6.59. The number of rotatable bonds is 9. The third-order valence-corrected chi connectivity index (χ3v) is 7.37. The summed E-state index contributed by atoms with van der Waals surface area (Å²) in [5.41, 5.74) is 6.26. The lowest BCUT2D eigenvalue weighted by atomic mass is 10.3. The number of nitrogens with two attached hydrogens (primary N) is 1. The number of nitrogens with zero attached hydrogens (tertiary/aromatic N) is 5. The maximum atomic E-state index is 13.6. The lowest BCUT2D eigenvalue weighted by Crippen LogP contribution is -2.51. The van der Waals surface area contributed by atoms with Gasteiger partial charge in [-0.25, -0.2) is 9.10 Å². The highest BCUT2D eigenvalue weighted by atomic mass is 32.2. The second kappa shape index (κ2) is 8.93. The number of likely N-dealkylation sites (N-methyl/N-ethyl adjacent to an activating group) is 1. The Morgan fingerprint density at radius 2 is 1.93 bits per heavy atom. The number of carbonyl (C=O) groups is 1. The Hall–Kier alpha value is -2.11. The van der Waals surface area contributed by atoms with Gasteiger partial charge in [0.25, 0.3) is 0 Å². The molecule has 11 heteroatoms. The van der Waals surface area contributed by atoms with Crippen molar-refractivity contribution in [2.45, 2.75) is 26.7 Å². The van der Waals surface area contributed by atoms with Crippen LogP contribution in [0, 0.1) is 0 Å². The minimum absolute atomic E-state index is 0.150. The first-order valence-corrected chi connectivity index (χ1v) is 11.2. The molecule has 0 atom stereocenters. The van der Waals surface area contributed by atoms with Crippen LogP contribution < -0.4 is 14.3 Å². The fraction of sp³-hybridized carbons (Fsp3) is 0.529. The summed E-state index contributed by atoms with van der Waals surface area (Å²) in [5.74, 6) is 0. The summed E-state index contributed by atoms with van der Waals surface area (Å²) in [5, 5.41) is 4.07. The summed E-state index contributed by atoms with van der Waals surface area (Å²) in [7, 11) is 1.14. The Morgan fingerprint density at radius 1 is 1.25 bits per heavy atom. The van der Waals surface area contributed by atoms with E-state index in [0.717, 1.165) is 16.2 Å². The van der Waals surface area contributed by atoms with E-state index in [9.17, 15) is 13.2 Å². The van der Waals surface area contributed by atoms with Gasteiger partial charge in [-0.05, 0) is 33.0 Å². The molecular weight excluding hydrogens is 400 g/mol. The van der Waals surface area contributed by atoms with E-state index in [0.29, 0.717) is 28.6 Å². The van der Waals surface area contributed by atoms with Crippen LogP contribution in [0.25, 0.3) is 0 Å². The first-order valence-electron chi connectivity index (χ1n) is 8.99. The van der Waals surface area contributed by atoms with Crippen LogP contribution in [0.5, 0.6) is 0 Å². The van der Waals surface area contributed by atoms with E-state index in [1.807, 2.05) is 32.8 Å².